The zero-order valence-corrected chi connectivity index (χ0v) is 10.9. The molecule has 0 saturated carbocycles. The maximum absolute atomic E-state index is 6.47. The fourth-order valence-electron chi connectivity index (χ4n) is 2.19. The van der Waals surface area contributed by atoms with Crippen LogP contribution in [0.5, 0.6) is 0 Å². The van der Waals surface area contributed by atoms with E-state index in [2.05, 4.69) is 31.8 Å². The molecule has 2 rings (SSSR count). The maximum Gasteiger partial charge on any atom is 0.0749 e. The molecule has 1 heterocycles. The summed E-state index contributed by atoms with van der Waals surface area (Å²) in [5, 5.41) is 1.93. The average Bonchev–Trinajstić information content (AvgIpc) is 2.19. The normalized spacial score (nSPS) is 11.4. The summed E-state index contributed by atoms with van der Waals surface area (Å²) in [6.07, 6.45) is 0. The smallest absolute Gasteiger partial charge is 0.0749 e. The predicted octanol–water partition coefficient (Wildman–Crippen LogP) is 4.63. The molecule has 2 heteroatoms. The van der Waals surface area contributed by atoms with Gasteiger partial charge in [-0.05, 0) is 30.9 Å². The monoisotopic (exact) mass is 233 g/mol. The second kappa shape index (κ2) is 4.06. The lowest BCUT2D eigenvalue weighted by Gasteiger charge is -2.14. The Morgan fingerprint density at radius 1 is 1.19 bits per heavy atom. The lowest BCUT2D eigenvalue weighted by atomic mass is 9.98. The van der Waals surface area contributed by atoms with E-state index in [-0.39, 0.29) is 0 Å². The zero-order chi connectivity index (χ0) is 11.9. The van der Waals surface area contributed by atoms with Crippen LogP contribution in [-0.4, -0.2) is 4.98 Å². The Morgan fingerprint density at radius 2 is 1.88 bits per heavy atom. The van der Waals surface area contributed by atoms with Crippen molar-refractivity contribution in [1.29, 1.82) is 0 Å². The molecule has 0 aliphatic rings. The van der Waals surface area contributed by atoms with Gasteiger partial charge in [-0.25, -0.2) is 0 Å². The van der Waals surface area contributed by atoms with E-state index in [0.717, 1.165) is 21.6 Å². The summed E-state index contributed by atoms with van der Waals surface area (Å²) in [5.41, 5.74) is 4.41. The second-order valence-corrected chi connectivity index (χ2v) is 4.93. The molecule has 0 N–H and O–H groups in total. The van der Waals surface area contributed by atoms with E-state index in [1.54, 1.807) is 0 Å². The van der Waals surface area contributed by atoms with Gasteiger partial charge in [-0.2, -0.15) is 0 Å². The summed E-state index contributed by atoms with van der Waals surface area (Å²) in [5.74, 6) is 0.407. The largest absolute Gasteiger partial charge is 0.252 e. The first-order valence-electron chi connectivity index (χ1n) is 5.57. The van der Waals surface area contributed by atoms with Crippen molar-refractivity contribution < 1.29 is 0 Å². The van der Waals surface area contributed by atoms with Crippen LogP contribution >= 0.6 is 11.6 Å². The highest BCUT2D eigenvalue weighted by Crippen LogP contribution is 2.33. The van der Waals surface area contributed by atoms with Gasteiger partial charge in [-0.3, -0.25) is 4.98 Å². The predicted molar refractivity (Wildman–Crippen MR) is 70.3 cm³/mol. The number of rotatable bonds is 1. The van der Waals surface area contributed by atoms with Crippen LogP contribution in [0.15, 0.2) is 18.2 Å². The number of fused-ring (bicyclic) bond motifs is 1. The molecular weight excluding hydrogens is 218 g/mol. The Bertz CT molecular complexity index is 544. The zero-order valence-electron chi connectivity index (χ0n) is 10.1. The topological polar surface area (TPSA) is 12.9 Å². The first-order chi connectivity index (χ1) is 7.52. The Hall–Kier alpha value is -1.08. The van der Waals surface area contributed by atoms with E-state index in [4.69, 9.17) is 11.6 Å². The molecule has 2 aromatic rings. The molecule has 1 aromatic carbocycles. The number of aromatic nitrogens is 1. The number of aryl methyl sites for hydroxylation is 2. The van der Waals surface area contributed by atoms with E-state index in [1.807, 2.05) is 19.1 Å². The number of nitrogens with zero attached hydrogens (tertiary/aromatic N) is 1. The van der Waals surface area contributed by atoms with Gasteiger partial charge in [0.15, 0.2) is 0 Å². The van der Waals surface area contributed by atoms with Crippen LogP contribution in [0, 0.1) is 13.8 Å². The van der Waals surface area contributed by atoms with Crippen molar-refractivity contribution >= 4 is 22.5 Å². The number of para-hydroxylation sites is 1. The SMILES string of the molecule is Cc1nc2c(C)cccc2c(Cl)c1C(C)C. The fourth-order valence-corrected chi connectivity index (χ4v) is 2.70. The molecule has 16 heavy (non-hydrogen) atoms. The van der Waals surface area contributed by atoms with Crippen molar-refractivity contribution in [2.24, 2.45) is 0 Å². The first-order valence-corrected chi connectivity index (χ1v) is 5.95. The number of halogens is 1. The number of hydrogen-bond donors (Lipinski definition) is 0. The molecule has 0 bridgehead atoms. The summed E-state index contributed by atoms with van der Waals surface area (Å²) >= 11 is 6.47. The average molecular weight is 234 g/mol. The van der Waals surface area contributed by atoms with Crippen LogP contribution in [0.4, 0.5) is 0 Å². The van der Waals surface area contributed by atoms with Crippen molar-refractivity contribution in [2.45, 2.75) is 33.6 Å². The number of pyridine rings is 1. The van der Waals surface area contributed by atoms with Gasteiger partial charge >= 0.3 is 0 Å². The quantitative estimate of drug-likeness (QED) is 0.700. The van der Waals surface area contributed by atoms with Gasteiger partial charge in [0, 0.05) is 11.1 Å². The van der Waals surface area contributed by atoms with Crippen LogP contribution in [0.25, 0.3) is 10.9 Å². The minimum Gasteiger partial charge on any atom is -0.252 e. The van der Waals surface area contributed by atoms with Gasteiger partial charge in [0.1, 0.15) is 0 Å². The highest BCUT2D eigenvalue weighted by atomic mass is 35.5. The van der Waals surface area contributed by atoms with E-state index in [0.29, 0.717) is 5.92 Å². The maximum atomic E-state index is 6.47. The van der Waals surface area contributed by atoms with Crippen LogP contribution in [-0.2, 0) is 0 Å². The molecule has 0 aliphatic carbocycles. The first kappa shape index (κ1) is 11.4. The van der Waals surface area contributed by atoms with Gasteiger partial charge in [0.2, 0.25) is 0 Å². The lowest BCUT2D eigenvalue weighted by Crippen LogP contribution is -1.99. The molecule has 84 valence electrons. The van der Waals surface area contributed by atoms with Gasteiger partial charge in [0.05, 0.1) is 10.5 Å². The van der Waals surface area contributed by atoms with Gasteiger partial charge in [-0.15, -0.1) is 0 Å². The third kappa shape index (κ3) is 1.69. The van der Waals surface area contributed by atoms with Crippen molar-refractivity contribution in [3.63, 3.8) is 0 Å². The van der Waals surface area contributed by atoms with Crippen molar-refractivity contribution in [3.05, 3.63) is 40.0 Å². The van der Waals surface area contributed by atoms with E-state index >= 15 is 0 Å². The van der Waals surface area contributed by atoms with Crippen molar-refractivity contribution in [3.8, 4) is 0 Å². The third-order valence-corrected chi connectivity index (χ3v) is 3.36. The molecule has 0 saturated heterocycles. The Labute approximate surface area is 101 Å². The molecule has 0 unspecified atom stereocenters. The molecule has 0 fully saturated rings. The summed E-state index contributed by atoms with van der Waals surface area (Å²) in [6.45, 7) is 8.41. The van der Waals surface area contributed by atoms with E-state index in [1.165, 1.54) is 11.1 Å². The van der Waals surface area contributed by atoms with E-state index in [9.17, 15) is 0 Å². The summed E-state index contributed by atoms with van der Waals surface area (Å²) in [6, 6.07) is 6.15. The van der Waals surface area contributed by atoms with Gasteiger partial charge in [0.25, 0.3) is 0 Å². The summed E-state index contributed by atoms with van der Waals surface area (Å²) in [4.78, 5) is 4.67. The second-order valence-electron chi connectivity index (χ2n) is 4.55. The van der Waals surface area contributed by atoms with Crippen LogP contribution in [0.2, 0.25) is 5.02 Å². The molecule has 0 aliphatic heterocycles. The Kier molecular flexibility index (Phi) is 2.90. The fraction of sp³-hybridized carbons (Fsp3) is 0.357. The highest BCUT2D eigenvalue weighted by molar-refractivity contribution is 6.36. The molecule has 0 radical (unpaired) electrons. The van der Waals surface area contributed by atoms with Gasteiger partial charge < -0.3 is 0 Å². The molecule has 1 aromatic heterocycles. The van der Waals surface area contributed by atoms with E-state index < -0.39 is 0 Å². The summed E-state index contributed by atoms with van der Waals surface area (Å²) < 4.78 is 0. The summed E-state index contributed by atoms with van der Waals surface area (Å²) in [7, 11) is 0. The minimum absolute atomic E-state index is 0.407. The minimum atomic E-state index is 0.407. The molecular formula is C14H16ClN. The third-order valence-electron chi connectivity index (χ3n) is 2.96. The highest BCUT2D eigenvalue weighted by Gasteiger charge is 2.14. The Balaban J connectivity index is 2.89. The van der Waals surface area contributed by atoms with Crippen LogP contribution < -0.4 is 0 Å². The Morgan fingerprint density at radius 3 is 2.50 bits per heavy atom. The lowest BCUT2D eigenvalue weighted by molar-refractivity contribution is 0.848. The van der Waals surface area contributed by atoms with Crippen molar-refractivity contribution in [2.75, 3.05) is 0 Å². The molecule has 1 nitrogen and oxygen atoms in total. The number of hydrogen-bond acceptors (Lipinski definition) is 1. The standard InChI is InChI=1S/C14H16ClN/c1-8(2)12-10(4)16-14-9(3)6-5-7-11(14)13(12)15/h5-8H,1-4H3. The number of benzene rings is 1. The van der Waals surface area contributed by atoms with Crippen molar-refractivity contribution in [1.82, 2.24) is 4.98 Å². The molecule has 0 amide bonds. The van der Waals surface area contributed by atoms with Crippen LogP contribution in [0.3, 0.4) is 0 Å². The van der Waals surface area contributed by atoms with Crippen LogP contribution in [0.1, 0.15) is 36.6 Å². The van der Waals surface area contributed by atoms with Gasteiger partial charge in [-0.1, -0.05) is 43.6 Å². The molecule has 0 spiro atoms. The molecule has 0 atom stereocenters.